The molecule has 14 heavy (non-hydrogen) atoms. The summed E-state index contributed by atoms with van der Waals surface area (Å²) in [4.78, 5) is 3.92. The molecule has 0 fully saturated rings. The van der Waals surface area contributed by atoms with Gasteiger partial charge in [0.25, 0.3) is 0 Å². The molecule has 0 spiro atoms. The standard InChI is InChI=1S/C7H9BrN2O3S/c1-4-6(14(9,11)12)3-5(8)7(10-4)13-2/h3H,1-2H3,(H2,9,11,12). The molecule has 0 amide bonds. The Balaban J connectivity index is 3.44. The van der Waals surface area contributed by atoms with Gasteiger partial charge >= 0.3 is 0 Å². The van der Waals surface area contributed by atoms with Crippen LogP contribution in [-0.2, 0) is 10.0 Å². The maximum Gasteiger partial charge on any atom is 0.239 e. The lowest BCUT2D eigenvalue weighted by Gasteiger charge is -2.06. The van der Waals surface area contributed by atoms with Crippen molar-refractivity contribution >= 4 is 26.0 Å². The highest BCUT2D eigenvalue weighted by molar-refractivity contribution is 9.10. The third-order valence-corrected chi connectivity index (χ3v) is 3.18. The maximum absolute atomic E-state index is 11.1. The number of methoxy groups -OCH3 is 1. The Hall–Kier alpha value is -0.660. The molecule has 0 aromatic carbocycles. The van der Waals surface area contributed by atoms with Gasteiger partial charge in [-0.3, -0.25) is 0 Å². The fourth-order valence-electron chi connectivity index (χ4n) is 0.973. The molecule has 0 atom stereocenters. The van der Waals surface area contributed by atoms with Crippen molar-refractivity contribution in [2.24, 2.45) is 5.14 Å². The molecule has 0 saturated carbocycles. The summed E-state index contributed by atoms with van der Waals surface area (Å²) in [5.74, 6) is 0.329. The van der Waals surface area contributed by atoms with Gasteiger partial charge in [-0.1, -0.05) is 0 Å². The van der Waals surface area contributed by atoms with Crippen LogP contribution in [-0.4, -0.2) is 20.5 Å². The minimum absolute atomic E-state index is 0.00910. The molecular formula is C7H9BrN2O3S. The van der Waals surface area contributed by atoms with E-state index >= 15 is 0 Å². The molecule has 0 saturated heterocycles. The van der Waals surface area contributed by atoms with E-state index in [1.54, 1.807) is 6.92 Å². The predicted octanol–water partition coefficient (Wildman–Crippen LogP) is 0.809. The van der Waals surface area contributed by atoms with Crippen LogP contribution in [0.15, 0.2) is 15.4 Å². The lowest BCUT2D eigenvalue weighted by Crippen LogP contribution is -2.14. The van der Waals surface area contributed by atoms with Crippen LogP contribution in [0.2, 0.25) is 0 Å². The van der Waals surface area contributed by atoms with E-state index in [1.165, 1.54) is 13.2 Å². The van der Waals surface area contributed by atoms with Gasteiger partial charge in [-0.15, -0.1) is 0 Å². The van der Waals surface area contributed by atoms with Crippen molar-refractivity contribution in [3.8, 4) is 5.88 Å². The van der Waals surface area contributed by atoms with Gasteiger partial charge in [0.15, 0.2) is 0 Å². The van der Waals surface area contributed by atoms with Gasteiger partial charge < -0.3 is 4.74 Å². The molecule has 0 aliphatic carbocycles. The van der Waals surface area contributed by atoms with Gasteiger partial charge in [0.1, 0.15) is 4.90 Å². The molecule has 0 aliphatic rings. The zero-order valence-electron chi connectivity index (χ0n) is 7.61. The average Bonchev–Trinajstić information content (AvgIpc) is 2.06. The fraction of sp³-hybridized carbons (Fsp3) is 0.286. The second kappa shape index (κ2) is 3.84. The van der Waals surface area contributed by atoms with E-state index in [2.05, 4.69) is 20.9 Å². The third-order valence-electron chi connectivity index (χ3n) is 1.59. The summed E-state index contributed by atoms with van der Waals surface area (Å²) in [6, 6.07) is 1.37. The molecule has 0 unspecified atom stereocenters. The number of hydrogen-bond acceptors (Lipinski definition) is 4. The first-order valence-corrected chi connectivity index (χ1v) is 5.94. The van der Waals surface area contributed by atoms with E-state index in [-0.39, 0.29) is 4.90 Å². The number of ether oxygens (including phenoxy) is 1. The van der Waals surface area contributed by atoms with E-state index in [1.807, 2.05) is 0 Å². The van der Waals surface area contributed by atoms with Crippen LogP contribution in [0, 0.1) is 6.92 Å². The second-order valence-electron chi connectivity index (χ2n) is 2.61. The monoisotopic (exact) mass is 280 g/mol. The summed E-state index contributed by atoms with van der Waals surface area (Å²) < 4.78 is 27.5. The van der Waals surface area contributed by atoms with Crippen LogP contribution in [0.3, 0.4) is 0 Å². The molecule has 0 bridgehead atoms. The number of rotatable bonds is 2. The molecule has 78 valence electrons. The van der Waals surface area contributed by atoms with Crippen molar-refractivity contribution in [1.29, 1.82) is 0 Å². The topological polar surface area (TPSA) is 82.3 Å². The van der Waals surface area contributed by atoms with Crippen molar-refractivity contribution in [3.05, 3.63) is 16.2 Å². The summed E-state index contributed by atoms with van der Waals surface area (Å²) in [6.07, 6.45) is 0. The first-order chi connectivity index (χ1) is 6.36. The quantitative estimate of drug-likeness (QED) is 0.869. The number of pyridine rings is 1. The first kappa shape index (κ1) is 11.4. The minimum Gasteiger partial charge on any atom is -0.480 e. The highest BCUT2D eigenvalue weighted by Gasteiger charge is 2.15. The number of hydrogen-bond donors (Lipinski definition) is 1. The lowest BCUT2D eigenvalue weighted by atomic mass is 10.4. The molecular weight excluding hydrogens is 272 g/mol. The molecule has 1 aromatic heterocycles. The second-order valence-corrected chi connectivity index (χ2v) is 4.99. The van der Waals surface area contributed by atoms with Gasteiger partial charge in [-0.05, 0) is 28.9 Å². The Morgan fingerprint density at radius 3 is 2.57 bits per heavy atom. The van der Waals surface area contributed by atoms with Crippen LogP contribution in [0.25, 0.3) is 0 Å². The van der Waals surface area contributed by atoms with Crippen molar-refractivity contribution < 1.29 is 13.2 Å². The number of sulfonamides is 1. The normalized spacial score (nSPS) is 11.4. The lowest BCUT2D eigenvalue weighted by molar-refractivity contribution is 0.393. The SMILES string of the molecule is COc1nc(C)c(S(N)(=O)=O)cc1Br. The predicted molar refractivity (Wildman–Crippen MR) is 54.6 cm³/mol. The average molecular weight is 281 g/mol. The molecule has 1 aromatic rings. The Kier molecular flexibility index (Phi) is 3.13. The van der Waals surface area contributed by atoms with E-state index < -0.39 is 10.0 Å². The van der Waals surface area contributed by atoms with Gasteiger partial charge in [-0.2, -0.15) is 0 Å². The van der Waals surface area contributed by atoms with Crippen LogP contribution in [0.5, 0.6) is 5.88 Å². The molecule has 0 aliphatic heterocycles. The summed E-state index contributed by atoms with van der Waals surface area (Å²) in [5, 5.41) is 4.99. The Bertz CT molecular complexity index is 458. The molecule has 1 rings (SSSR count). The summed E-state index contributed by atoms with van der Waals surface area (Å²) in [6.45, 7) is 1.55. The summed E-state index contributed by atoms with van der Waals surface area (Å²) >= 11 is 3.13. The molecule has 1 heterocycles. The van der Waals surface area contributed by atoms with Gasteiger partial charge in [-0.25, -0.2) is 18.5 Å². The van der Waals surface area contributed by atoms with E-state index in [0.717, 1.165) is 0 Å². The Labute approximate surface area is 90.5 Å². The fourth-order valence-corrected chi connectivity index (χ4v) is 2.34. The largest absolute Gasteiger partial charge is 0.480 e. The van der Waals surface area contributed by atoms with Gasteiger partial charge in [0, 0.05) is 0 Å². The zero-order valence-corrected chi connectivity index (χ0v) is 10.0. The van der Waals surface area contributed by atoms with Crippen molar-refractivity contribution in [3.63, 3.8) is 0 Å². The van der Waals surface area contributed by atoms with Crippen LogP contribution < -0.4 is 9.88 Å². The summed E-state index contributed by atoms with van der Waals surface area (Å²) in [7, 11) is -2.28. The van der Waals surface area contributed by atoms with Crippen molar-refractivity contribution in [2.45, 2.75) is 11.8 Å². The Morgan fingerprint density at radius 2 is 2.14 bits per heavy atom. The van der Waals surface area contributed by atoms with E-state index in [4.69, 9.17) is 9.88 Å². The van der Waals surface area contributed by atoms with E-state index in [0.29, 0.717) is 16.0 Å². The third kappa shape index (κ3) is 2.23. The van der Waals surface area contributed by atoms with Crippen molar-refractivity contribution in [2.75, 3.05) is 7.11 Å². The summed E-state index contributed by atoms with van der Waals surface area (Å²) in [5.41, 5.74) is 0.313. The minimum atomic E-state index is -3.73. The Morgan fingerprint density at radius 1 is 1.57 bits per heavy atom. The number of aromatic nitrogens is 1. The molecule has 0 radical (unpaired) electrons. The van der Waals surface area contributed by atoms with Gasteiger partial charge in [0.2, 0.25) is 15.9 Å². The number of halogens is 1. The number of primary sulfonamides is 1. The van der Waals surface area contributed by atoms with Crippen molar-refractivity contribution in [1.82, 2.24) is 4.98 Å². The highest BCUT2D eigenvalue weighted by Crippen LogP contribution is 2.26. The molecule has 2 N–H and O–H groups in total. The van der Waals surface area contributed by atoms with E-state index in [9.17, 15) is 8.42 Å². The number of nitrogens with two attached hydrogens (primary N) is 1. The molecule has 5 nitrogen and oxygen atoms in total. The van der Waals surface area contributed by atoms with Gasteiger partial charge in [0.05, 0.1) is 17.3 Å². The maximum atomic E-state index is 11.1. The zero-order chi connectivity index (χ0) is 10.9. The van der Waals surface area contributed by atoms with Crippen LogP contribution >= 0.6 is 15.9 Å². The van der Waals surface area contributed by atoms with Crippen LogP contribution in [0.4, 0.5) is 0 Å². The number of aryl methyl sites for hydroxylation is 1. The molecule has 7 heteroatoms. The first-order valence-electron chi connectivity index (χ1n) is 3.60. The highest BCUT2D eigenvalue weighted by atomic mass is 79.9. The smallest absolute Gasteiger partial charge is 0.239 e. The van der Waals surface area contributed by atoms with Crippen LogP contribution in [0.1, 0.15) is 5.69 Å². The number of nitrogens with zero attached hydrogens (tertiary/aromatic N) is 1.